The molecule has 0 spiro atoms. The third-order valence-corrected chi connectivity index (χ3v) is 4.86. The number of rotatable bonds is 3. The van der Waals surface area contributed by atoms with Crippen molar-refractivity contribution in [1.29, 1.82) is 0 Å². The molecule has 140 valence electrons. The third kappa shape index (κ3) is 3.16. The maximum absolute atomic E-state index is 12.7. The maximum atomic E-state index is 12.7. The van der Waals surface area contributed by atoms with Crippen LogP contribution < -0.4 is 24.4 Å². The highest BCUT2D eigenvalue weighted by molar-refractivity contribution is 5.99. The first-order valence-corrected chi connectivity index (χ1v) is 8.69. The average Bonchev–Trinajstić information content (AvgIpc) is 2.70. The SMILES string of the molecule is COc1cccc2c1OC[C@@H](C(=O)Nc1ccc3c(c1)N(C)C(=O)CO3)C2. The van der Waals surface area contributed by atoms with E-state index in [0.717, 1.165) is 5.56 Å². The van der Waals surface area contributed by atoms with E-state index < -0.39 is 0 Å². The van der Waals surface area contributed by atoms with Gasteiger partial charge >= 0.3 is 0 Å². The van der Waals surface area contributed by atoms with Gasteiger partial charge in [-0.25, -0.2) is 0 Å². The van der Waals surface area contributed by atoms with Gasteiger partial charge in [0.25, 0.3) is 5.91 Å². The van der Waals surface area contributed by atoms with E-state index in [1.54, 1.807) is 32.4 Å². The van der Waals surface area contributed by atoms with Crippen LogP contribution in [0.5, 0.6) is 17.2 Å². The molecule has 27 heavy (non-hydrogen) atoms. The molecule has 2 amide bonds. The first-order valence-electron chi connectivity index (χ1n) is 8.69. The third-order valence-electron chi connectivity index (χ3n) is 4.86. The molecule has 2 heterocycles. The lowest BCUT2D eigenvalue weighted by molar-refractivity contribution is -0.121. The molecule has 2 aliphatic rings. The first-order chi connectivity index (χ1) is 13.1. The summed E-state index contributed by atoms with van der Waals surface area (Å²) in [5, 5.41) is 2.91. The van der Waals surface area contributed by atoms with Crippen molar-refractivity contribution in [3.8, 4) is 17.2 Å². The minimum Gasteiger partial charge on any atom is -0.493 e. The fourth-order valence-electron chi connectivity index (χ4n) is 3.32. The van der Waals surface area contributed by atoms with Crippen molar-refractivity contribution in [3.63, 3.8) is 0 Å². The molecule has 7 heteroatoms. The number of likely N-dealkylation sites (N-methyl/N-ethyl adjacent to an activating group) is 1. The van der Waals surface area contributed by atoms with E-state index in [1.807, 2.05) is 18.2 Å². The zero-order chi connectivity index (χ0) is 19.0. The van der Waals surface area contributed by atoms with Gasteiger partial charge in [-0.1, -0.05) is 12.1 Å². The Balaban J connectivity index is 1.49. The Morgan fingerprint density at radius 3 is 2.93 bits per heavy atom. The number of benzene rings is 2. The van der Waals surface area contributed by atoms with Crippen LogP contribution in [-0.2, 0) is 16.0 Å². The lowest BCUT2D eigenvalue weighted by Gasteiger charge is -2.27. The molecule has 0 radical (unpaired) electrons. The van der Waals surface area contributed by atoms with E-state index in [4.69, 9.17) is 14.2 Å². The number of para-hydroxylation sites is 1. The Hall–Kier alpha value is -3.22. The second-order valence-corrected chi connectivity index (χ2v) is 6.57. The molecule has 2 aromatic rings. The molecule has 1 atom stereocenters. The number of carbonyl (C=O) groups excluding carboxylic acids is 2. The number of amides is 2. The van der Waals surface area contributed by atoms with Crippen LogP contribution in [0.4, 0.5) is 11.4 Å². The zero-order valence-electron chi connectivity index (χ0n) is 15.2. The van der Waals surface area contributed by atoms with E-state index in [1.165, 1.54) is 4.90 Å². The summed E-state index contributed by atoms with van der Waals surface area (Å²) in [5.41, 5.74) is 2.20. The van der Waals surface area contributed by atoms with Crippen LogP contribution in [0.25, 0.3) is 0 Å². The van der Waals surface area contributed by atoms with Crippen LogP contribution in [0.3, 0.4) is 0 Å². The number of anilines is 2. The summed E-state index contributed by atoms with van der Waals surface area (Å²) in [5.74, 6) is 1.43. The molecular formula is C20H20N2O5. The van der Waals surface area contributed by atoms with Crippen LogP contribution in [0.2, 0.25) is 0 Å². The summed E-state index contributed by atoms with van der Waals surface area (Å²) in [7, 11) is 3.29. The van der Waals surface area contributed by atoms with Crippen molar-refractivity contribution in [1.82, 2.24) is 0 Å². The standard InChI is InChI=1S/C20H20N2O5/c1-22-15-9-14(6-7-16(15)26-11-18(22)23)21-20(24)13-8-12-4-3-5-17(25-2)19(12)27-10-13/h3-7,9,13H,8,10-11H2,1-2H3,(H,21,24)/t13-/m0/s1. The van der Waals surface area contributed by atoms with Gasteiger partial charge in [-0.3, -0.25) is 9.59 Å². The number of nitrogens with one attached hydrogen (secondary N) is 1. The molecule has 0 fully saturated rings. The molecule has 1 N–H and O–H groups in total. The Bertz CT molecular complexity index is 911. The van der Waals surface area contributed by atoms with E-state index in [2.05, 4.69) is 5.32 Å². The largest absolute Gasteiger partial charge is 0.493 e. The summed E-state index contributed by atoms with van der Waals surface area (Å²) in [4.78, 5) is 26.0. The molecule has 0 saturated carbocycles. The number of methoxy groups -OCH3 is 1. The summed E-state index contributed by atoms with van der Waals surface area (Å²) >= 11 is 0. The predicted molar refractivity (Wildman–Crippen MR) is 99.7 cm³/mol. The molecule has 2 aromatic carbocycles. The smallest absolute Gasteiger partial charge is 0.264 e. The lowest BCUT2D eigenvalue weighted by Crippen LogP contribution is -2.35. The van der Waals surface area contributed by atoms with Gasteiger partial charge in [-0.15, -0.1) is 0 Å². The van der Waals surface area contributed by atoms with Gasteiger partial charge in [0.1, 0.15) is 12.4 Å². The predicted octanol–water partition coefficient (Wildman–Crippen LogP) is 2.24. The molecule has 4 rings (SSSR count). The average molecular weight is 368 g/mol. The highest BCUT2D eigenvalue weighted by Gasteiger charge is 2.28. The Kier molecular flexibility index (Phi) is 4.35. The van der Waals surface area contributed by atoms with Crippen LogP contribution in [0.15, 0.2) is 36.4 Å². The molecule has 0 bridgehead atoms. The fraction of sp³-hybridized carbons (Fsp3) is 0.300. The first kappa shape index (κ1) is 17.2. The number of nitrogens with zero attached hydrogens (tertiary/aromatic N) is 1. The Morgan fingerprint density at radius 2 is 2.11 bits per heavy atom. The lowest BCUT2D eigenvalue weighted by atomic mass is 9.95. The Morgan fingerprint density at radius 1 is 1.26 bits per heavy atom. The normalized spacial score (nSPS) is 17.9. The number of hydrogen-bond acceptors (Lipinski definition) is 5. The summed E-state index contributed by atoms with van der Waals surface area (Å²) in [6, 6.07) is 10.9. The quantitative estimate of drug-likeness (QED) is 0.899. The summed E-state index contributed by atoms with van der Waals surface area (Å²) in [6.45, 7) is 0.309. The van der Waals surface area contributed by atoms with Crippen LogP contribution in [0, 0.1) is 5.92 Å². The minimum absolute atomic E-state index is 0.0253. The van der Waals surface area contributed by atoms with E-state index >= 15 is 0 Å². The van der Waals surface area contributed by atoms with Gasteiger partial charge in [0.2, 0.25) is 5.91 Å². The number of fused-ring (bicyclic) bond motifs is 2. The van der Waals surface area contributed by atoms with E-state index in [0.29, 0.717) is 35.0 Å². The van der Waals surface area contributed by atoms with Gasteiger partial charge in [-0.2, -0.15) is 0 Å². The number of ether oxygens (including phenoxy) is 3. The molecule has 0 aliphatic carbocycles. The van der Waals surface area contributed by atoms with Crippen molar-refractivity contribution < 1.29 is 23.8 Å². The topological polar surface area (TPSA) is 77.1 Å². The van der Waals surface area contributed by atoms with Gasteiger partial charge in [-0.05, 0) is 36.2 Å². The second-order valence-electron chi connectivity index (χ2n) is 6.57. The highest BCUT2D eigenvalue weighted by Crippen LogP contribution is 2.37. The Labute approximate surface area is 156 Å². The van der Waals surface area contributed by atoms with Crippen molar-refractivity contribution in [2.24, 2.45) is 5.92 Å². The van der Waals surface area contributed by atoms with E-state index in [9.17, 15) is 9.59 Å². The molecular weight excluding hydrogens is 348 g/mol. The maximum Gasteiger partial charge on any atom is 0.264 e. The fourth-order valence-corrected chi connectivity index (χ4v) is 3.32. The highest BCUT2D eigenvalue weighted by atomic mass is 16.5. The van der Waals surface area contributed by atoms with Gasteiger partial charge in [0.05, 0.1) is 18.7 Å². The number of carbonyl (C=O) groups is 2. The van der Waals surface area contributed by atoms with Crippen molar-refractivity contribution in [2.75, 3.05) is 37.6 Å². The molecule has 2 aliphatic heterocycles. The van der Waals surface area contributed by atoms with Crippen molar-refractivity contribution in [3.05, 3.63) is 42.0 Å². The van der Waals surface area contributed by atoms with Gasteiger partial charge < -0.3 is 24.4 Å². The van der Waals surface area contributed by atoms with Crippen molar-refractivity contribution >= 4 is 23.2 Å². The molecule has 0 aromatic heterocycles. The summed E-state index contributed by atoms with van der Waals surface area (Å²) < 4.78 is 16.5. The zero-order valence-corrected chi connectivity index (χ0v) is 15.2. The van der Waals surface area contributed by atoms with Crippen LogP contribution >= 0.6 is 0 Å². The monoisotopic (exact) mass is 368 g/mol. The van der Waals surface area contributed by atoms with E-state index in [-0.39, 0.29) is 30.9 Å². The van der Waals surface area contributed by atoms with Crippen LogP contribution in [0.1, 0.15) is 5.56 Å². The number of hydrogen-bond donors (Lipinski definition) is 1. The van der Waals surface area contributed by atoms with Gasteiger partial charge in [0.15, 0.2) is 18.1 Å². The summed E-state index contributed by atoms with van der Waals surface area (Å²) in [6.07, 6.45) is 0.574. The van der Waals surface area contributed by atoms with Crippen LogP contribution in [-0.4, -0.2) is 39.2 Å². The minimum atomic E-state index is -0.309. The van der Waals surface area contributed by atoms with Gasteiger partial charge in [0, 0.05) is 12.7 Å². The molecule has 0 unspecified atom stereocenters. The second kappa shape index (κ2) is 6.83. The molecule has 7 nitrogen and oxygen atoms in total. The molecule has 0 saturated heterocycles. The van der Waals surface area contributed by atoms with Crippen molar-refractivity contribution in [2.45, 2.75) is 6.42 Å².